The zero-order chi connectivity index (χ0) is 12.4. The van der Waals surface area contributed by atoms with Gasteiger partial charge in [-0.1, -0.05) is 11.6 Å². The Morgan fingerprint density at radius 3 is 2.35 bits per heavy atom. The van der Waals surface area contributed by atoms with E-state index >= 15 is 0 Å². The first-order valence-electron chi connectivity index (χ1n) is 5.17. The molecular weight excluding hydrogens is 254 g/mol. The van der Waals surface area contributed by atoms with E-state index in [0.717, 1.165) is 27.0 Å². The van der Waals surface area contributed by atoms with Crippen LogP contribution in [0.2, 0.25) is 5.15 Å². The van der Waals surface area contributed by atoms with Crippen LogP contribution < -0.4 is 0 Å². The molecule has 0 unspecified atom stereocenters. The Bertz CT molecular complexity index is 534. The largest absolute Gasteiger partial charge is 0.244 e. The van der Waals surface area contributed by atoms with Gasteiger partial charge in [0.1, 0.15) is 5.15 Å². The molecule has 0 N–H and O–H groups in total. The number of aryl methyl sites for hydroxylation is 2. The summed E-state index contributed by atoms with van der Waals surface area (Å²) in [5.74, 6) is 0. The van der Waals surface area contributed by atoms with Crippen LogP contribution in [-0.4, -0.2) is 15.0 Å². The van der Waals surface area contributed by atoms with Crippen LogP contribution in [0, 0.1) is 20.8 Å². The molecular formula is C12H12ClN3S. The standard InChI is InChI=1S/C12H12ClN3S/c1-7-8(2)15-12(16-9(7)3)17-10-4-5-14-11(13)6-10/h4-6H,1-3H3. The van der Waals surface area contributed by atoms with Gasteiger partial charge in [0, 0.05) is 22.5 Å². The molecule has 0 radical (unpaired) electrons. The summed E-state index contributed by atoms with van der Waals surface area (Å²) in [6.07, 6.45) is 1.68. The van der Waals surface area contributed by atoms with Crippen molar-refractivity contribution in [3.63, 3.8) is 0 Å². The van der Waals surface area contributed by atoms with Gasteiger partial charge in [-0.05, 0) is 50.2 Å². The van der Waals surface area contributed by atoms with E-state index in [1.165, 1.54) is 11.8 Å². The molecule has 17 heavy (non-hydrogen) atoms. The second-order valence-corrected chi connectivity index (χ2v) is 5.15. The third kappa shape index (κ3) is 2.96. The normalized spacial score (nSPS) is 10.6. The van der Waals surface area contributed by atoms with Crippen LogP contribution in [0.25, 0.3) is 0 Å². The molecule has 0 saturated heterocycles. The van der Waals surface area contributed by atoms with Gasteiger partial charge in [-0.25, -0.2) is 15.0 Å². The van der Waals surface area contributed by atoms with E-state index in [1.807, 2.05) is 26.8 Å². The van der Waals surface area contributed by atoms with Crippen LogP contribution in [0.3, 0.4) is 0 Å². The number of hydrogen-bond donors (Lipinski definition) is 0. The van der Waals surface area contributed by atoms with Gasteiger partial charge in [-0.3, -0.25) is 0 Å². The maximum absolute atomic E-state index is 5.83. The number of nitrogens with zero attached hydrogens (tertiary/aromatic N) is 3. The summed E-state index contributed by atoms with van der Waals surface area (Å²) in [4.78, 5) is 13.8. The van der Waals surface area contributed by atoms with E-state index in [0.29, 0.717) is 5.15 Å². The highest BCUT2D eigenvalue weighted by Gasteiger charge is 2.06. The van der Waals surface area contributed by atoms with Crippen molar-refractivity contribution in [3.05, 3.63) is 40.4 Å². The Hall–Kier alpha value is -1.13. The van der Waals surface area contributed by atoms with Gasteiger partial charge in [0.15, 0.2) is 5.16 Å². The molecule has 0 aliphatic rings. The van der Waals surface area contributed by atoms with Crippen LogP contribution in [-0.2, 0) is 0 Å². The van der Waals surface area contributed by atoms with E-state index in [2.05, 4.69) is 15.0 Å². The van der Waals surface area contributed by atoms with Gasteiger partial charge < -0.3 is 0 Å². The molecule has 0 amide bonds. The Labute approximate surface area is 110 Å². The fraction of sp³-hybridized carbons (Fsp3) is 0.250. The van der Waals surface area contributed by atoms with Crippen LogP contribution in [0.5, 0.6) is 0 Å². The quantitative estimate of drug-likeness (QED) is 0.614. The van der Waals surface area contributed by atoms with Gasteiger partial charge in [0.25, 0.3) is 0 Å². The van der Waals surface area contributed by atoms with Crippen molar-refractivity contribution in [2.24, 2.45) is 0 Å². The highest BCUT2D eigenvalue weighted by atomic mass is 35.5. The predicted octanol–water partition coefficient (Wildman–Crippen LogP) is 3.60. The maximum atomic E-state index is 5.83. The highest BCUT2D eigenvalue weighted by Crippen LogP contribution is 2.26. The zero-order valence-electron chi connectivity index (χ0n) is 9.86. The molecule has 0 atom stereocenters. The lowest BCUT2D eigenvalue weighted by Crippen LogP contribution is -1.97. The molecule has 88 valence electrons. The maximum Gasteiger partial charge on any atom is 0.192 e. The summed E-state index contributed by atoms with van der Waals surface area (Å²) in [6.45, 7) is 6.02. The lowest BCUT2D eigenvalue weighted by atomic mass is 10.2. The van der Waals surface area contributed by atoms with Crippen molar-refractivity contribution in [3.8, 4) is 0 Å². The first-order chi connectivity index (χ1) is 8.06. The molecule has 0 bridgehead atoms. The summed E-state index contributed by atoms with van der Waals surface area (Å²) < 4.78 is 0. The van der Waals surface area contributed by atoms with Crippen molar-refractivity contribution in [1.29, 1.82) is 0 Å². The van der Waals surface area contributed by atoms with Crippen LogP contribution in [0.4, 0.5) is 0 Å². The monoisotopic (exact) mass is 265 g/mol. The lowest BCUT2D eigenvalue weighted by molar-refractivity contribution is 0.881. The topological polar surface area (TPSA) is 38.7 Å². The molecule has 0 spiro atoms. The number of rotatable bonds is 2. The van der Waals surface area contributed by atoms with E-state index in [1.54, 1.807) is 12.3 Å². The Morgan fingerprint density at radius 1 is 1.12 bits per heavy atom. The summed E-state index contributed by atoms with van der Waals surface area (Å²) >= 11 is 7.33. The summed E-state index contributed by atoms with van der Waals surface area (Å²) in [5.41, 5.74) is 3.17. The van der Waals surface area contributed by atoms with Gasteiger partial charge in [-0.15, -0.1) is 0 Å². The average Bonchev–Trinajstić information content (AvgIpc) is 2.26. The molecule has 5 heteroatoms. The molecule has 0 aliphatic carbocycles. The number of halogens is 1. The fourth-order valence-corrected chi connectivity index (χ4v) is 2.45. The molecule has 2 aromatic rings. The second kappa shape index (κ2) is 5.02. The van der Waals surface area contributed by atoms with Crippen molar-refractivity contribution in [2.75, 3.05) is 0 Å². The third-order valence-corrected chi connectivity index (χ3v) is 3.58. The lowest BCUT2D eigenvalue weighted by Gasteiger charge is -2.06. The Balaban J connectivity index is 2.31. The Kier molecular flexibility index (Phi) is 3.64. The molecule has 2 aromatic heterocycles. The molecule has 0 fully saturated rings. The molecule has 3 nitrogen and oxygen atoms in total. The predicted molar refractivity (Wildman–Crippen MR) is 69.6 cm³/mol. The van der Waals surface area contributed by atoms with Crippen molar-refractivity contribution in [2.45, 2.75) is 30.8 Å². The molecule has 2 heterocycles. The minimum Gasteiger partial charge on any atom is -0.244 e. The highest BCUT2D eigenvalue weighted by molar-refractivity contribution is 7.99. The van der Waals surface area contributed by atoms with E-state index in [-0.39, 0.29) is 0 Å². The molecule has 0 aliphatic heterocycles. The van der Waals surface area contributed by atoms with E-state index in [9.17, 15) is 0 Å². The van der Waals surface area contributed by atoms with Crippen molar-refractivity contribution in [1.82, 2.24) is 15.0 Å². The second-order valence-electron chi connectivity index (χ2n) is 3.72. The van der Waals surface area contributed by atoms with Crippen molar-refractivity contribution < 1.29 is 0 Å². The van der Waals surface area contributed by atoms with Gasteiger partial charge in [0.05, 0.1) is 0 Å². The number of hydrogen-bond acceptors (Lipinski definition) is 4. The summed E-state index contributed by atoms with van der Waals surface area (Å²) in [7, 11) is 0. The summed E-state index contributed by atoms with van der Waals surface area (Å²) in [5, 5.41) is 1.23. The van der Waals surface area contributed by atoms with Crippen molar-refractivity contribution >= 4 is 23.4 Å². The molecule has 2 rings (SSSR count). The first kappa shape index (κ1) is 12.3. The van der Waals surface area contributed by atoms with E-state index in [4.69, 9.17) is 11.6 Å². The van der Waals surface area contributed by atoms with Crippen LogP contribution in [0.15, 0.2) is 28.4 Å². The number of pyridine rings is 1. The van der Waals surface area contributed by atoms with E-state index < -0.39 is 0 Å². The summed E-state index contributed by atoms with van der Waals surface area (Å²) in [6, 6.07) is 3.70. The van der Waals surface area contributed by atoms with Crippen LogP contribution in [0.1, 0.15) is 17.0 Å². The average molecular weight is 266 g/mol. The van der Waals surface area contributed by atoms with Gasteiger partial charge in [0.2, 0.25) is 0 Å². The molecule has 0 aromatic carbocycles. The SMILES string of the molecule is Cc1nc(Sc2ccnc(Cl)c2)nc(C)c1C. The third-order valence-electron chi connectivity index (χ3n) is 2.52. The van der Waals surface area contributed by atoms with Crippen LogP contribution >= 0.6 is 23.4 Å². The smallest absolute Gasteiger partial charge is 0.192 e. The minimum atomic E-state index is 0.482. The fourth-order valence-electron chi connectivity index (χ4n) is 1.34. The zero-order valence-corrected chi connectivity index (χ0v) is 11.4. The number of aromatic nitrogens is 3. The van der Waals surface area contributed by atoms with Gasteiger partial charge in [-0.2, -0.15) is 0 Å². The molecule has 0 saturated carbocycles. The first-order valence-corrected chi connectivity index (χ1v) is 6.37. The Morgan fingerprint density at radius 2 is 1.76 bits per heavy atom. The minimum absolute atomic E-state index is 0.482. The van der Waals surface area contributed by atoms with Gasteiger partial charge >= 0.3 is 0 Å².